The van der Waals surface area contributed by atoms with Crippen LogP contribution in [0.2, 0.25) is 0 Å². The molecule has 0 fully saturated rings. The Kier molecular flexibility index (Phi) is 3.49. The number of carbonyl (C=O) groups is 1. The van der Waals surface area contributed by atoms with Crippen LogP contribution in [0.15, 0.2) is 18.2 Å². The lowest BCUT2D eigenvalue weighted by Gasteiger charge is -2.12. The summed E-state index contributed by atoms with van der Waals surface area (Å²) in [6.45, 7) is 2.10. The summed E-state index contributed by atoms with van der Waals surface area (Å²) in [5.74, 6) is 1.07. The van der Waals surface area contributed by atoms with Crippen molar-refractivity contribution in [3.05, 3.63) is 23.8 Å². The number of carbonyl (C=O) groups excluding carboxylic acids is 1. The topological polar surface area (TPSA) is 67.8 Å². The number of benzene rings is 1. The average molecular weight is 237 g/mol. The number of fused-ring (bicyclic) bond motifs is 1. The van der Waals surface area contributed by atoms with Crippen LogP contribution >= 0.6 is 0 Å². The Morgan fingerprint density at radius 1 is 1.47 bits per heavy atom. The zero-order valence-electron chi connectivity index (χ0n) is 9.60. The Morgan fingerprint density at radius 3 is 3.00 bits per heavy atom. The van der Waals surface area contributed by atoms with Crippen LogP contribution in [0.1, 0.15) is 23.7 Å². The number of hydrogen-bond acceptors (Lipinski definition) is 4. The van der Waals surface area contributed by atoms with Gasteiger partial charge in [-0.05, 0) is 31.5 Å². The second kappa shape index (κ2) is 5.05. The molecule has 1 aromatic rings. The lowest BCUT2D eigenvalue weighted by molar-refractivity contribution is 0.0934. The monoisotopic (exact) mass is 237 g/mol. The van der Waals surface area contributed by atoms with Crippen molar-refractivity contribution in [1.29, 1.82) is 0 Å². The van der Waals surface area contributed by atoms with E-state index in [9.17, 15) is 4.79 Å². The molecule has 1 amide bonds. The van der Waals surface area contributed by atoms with Crippen molar-refractivity contribution in [1.82, 2.24) is 5.32 Å². The van der Waals surface area contributed by atoms with Gasteiger partial charge in [-0.1, -0.05) is 0 Å². The summed E-state index contributed by atoms with van der Waals surface area (Å²) in [5.41, 5.74) is 0.527. The number of amides is 1. The molecule has 2 N–H and O–H groups in total. The van der Waals surface area contributed by atoms with E-state index < -0.39 is 0 Å². The van der Waals surface area contributed by atoms with Crippen molar-refractivity contribution >= 4 is 5.91 Å². The first-order chi connectivity index (χ1) is 8.20. The first-order valence-electron chi connectivity index (χ1n) is 5.52. The fourth-order valence-corrected chi connectivity index (χ4v) is 1.61. The molecule has 0 spiro atoms. The molecule has 1 atom stereocenters. The quantitative estimate of drug-likeness (QED) is 0.817. The zero-order valence-corrected chi connectivity index (χ0v) is 9.60. The third-order valence-electron chi connectivity index (χ3n) is 2.57. The minimum Gasteiger partial charge on any atom is -0.454 e. The van der Waals surface area contributed by atoms with E-state index in [1.165, 1.54) is 0 Å². The van der Waals surface area contributed by atoms with E-state index in [1.54, 1.807) is 18.2 Å². The van der Waals surface area contributed by atoms with Crippen molar-refractivity contribution in [2.24, 2.45) is 0 Å². The SMILES string of the molecule is CC(CCO)NC(=O)c1ccc2c(c1)OCO2. The highest BCUT2D eigenvalue weighted by Gasteiger charge is 2.16. The summed E-state index contributed by atoms with van der Waals surface area (Å²) >= 11 is 0. The molecule has 0 radical (unpaired) electrons. The van der Waals surface area contributed by atoms with Gasteiger partial charge >= 0.3 is 0 Å². The number of hydrogen-bond donors (Lipinski definition) is 2. The maximum absolute atomic E-state index is 11.8. The van der Waals surface area contributed by atoms with Crippen molar-refractivity contribution in [3.8, 4) is 11.5 Å². The largest absolute Gasteiger partial charge is 0.454 e. The molecule has 0 saturated heterocycles. The summed E-state index contributed by atoms with van der Waals surface area (Å²) in [5, 5.41) is 11.6. The highest BCUT2D eigenvalue weighted by Crippen LogP contribution is 2.32. The predicted octanol–water partition coefficient (Wildman–Crippen LogP) is 0.916. The van der Waals surface area contributed by atoms with Crippen molar-refractivity contribution in [2.45, 2.75) is 19.4 Å². The molecule has 0 aromatic heterocycles. The number of nitrogens with one attached hydrogen (secondary N) is 1. The van der Waals surface area contributed by atoms with Gasteiger partial charge in [0.25, 0.3) is 5.91 Å². The van der Waals surface area contributed by atoms with E-state index >= 15 is 0 Å². The first-order valence-corrected chi connectivity index (χ1v) is 5.52. The van der Waals surface area contributed by atoms with Gasteiger partial charge in [0, 0.05) is 18.2 Å². The lowest BCUT2D eigenvalue weighted by Crippen LogP contribution is -2.33. The van der Waals surface area contributed by atoms with Gasteiger partial charge in [-0.2, -0.15) is 0 Å². The van der Waals surface area contributed by atoms with Gasteiger partial charge in [0.2, 0.25) is 6.79 Å². The summed E-state index contributed by atoms with van der Waals surface area (Å²) < 4.78 is 10.4. The molecule has 0 bridgehead atoms. The van der Waals surface area contributed by atoms with E-state index in [4.69, 9.17) is 14.6 Å². The number of aliphatic hydroxyl groups excluding tert-OH is 1. The molecule has 17 heavy (non-hydrogen) atoms. The fraction of sp³-hybridized carbons (Fsp3) is 0.417. The fourth-order valence-electron chi connectivity index (χ4n) is 1.61. The van der Waals surface area contributed by atoms with Crippen molar-refractivity contribution in [3.63, 3.8) is 0 Å². The van der Waals surface area contributed by atoms with Crippen molar-refractivity contribution in [2.75, 3.05) is 13.4 Å². The van der Waals surface area contributed by atoms with Crippen LogP contribution in [0.4, 0.5) is 0 Å². The molecular formula is C12H15NO4. The molecule has 0 saturated carbocycles. The number of aliphatic hydroxyl groups is 1. The number of ether oxygens (including phenoxy) is 2. The maximum atomic E-state index is 11.8. The molecule has 5 nitrogen and oxygen atoms in total. The van der Waals surface area contributed by atoms with Crippen LogP contribution in [-0.2, 0) is 0 Å². The van der Waals surface area contributed by atoms with Gasteiger partial charge in [-0.25, -0.2) is 0 Å². The summed E-state index contributed by atoms with van der Waals surface area (Å²) in [7, 11) is 0. The third-order valence-corrected chi connectivity index (χ3v) is 2.57. The Balaban J connectivity index is 2.04. The second-order valence-electron chi connectivity index (χ2n) is 3.95. The standard InChI is InChI=1S/C12H15NO4/c1-8(4-5-14)13-12(15)9-2-3-10-11(6-9)17-7-16-10/h2-3,6,8,14H,4-5,7H2,1H3,(H,13,15). The van der Waals surface area contributed by atoms with E-state index in [1.807, 2.05) is 6.92 Å². The van der Waals surface area contributed by atoms with Crippen LogP contribution < -0.4 is 14.8 Å². The molecule has 1 heterocycles. The van der Waals surface area contributed by atoms with Crippen LogP contribution in [0, 0.1) is 0 Å². The molecule has 92 valence electrons. The smallest absolute Gasteiger partial charge is 0.251 e. The summed E-state index contributed by atoms with van der Waals surface area (Å²) in [6.07, 6.45) is 0.538. The van der Waals surface area contributed by atoms with Crippen LogP contribution in [-0.4, -0.2) is 30.5 Å². The Morgan fingerprint density at radius 2 is 2.24 bits per heavy atom. The predicted molar refractivity (Wildman–Crippen MR) is 61.2 cm³/mol. The first kappa shape index (κ1) is 11.7. The maximum Gasteiger partial charge on any atom is 0.251 e. The van der Waals surface area contributed by atoms with E-state index in [0.717, 1.165) is 0 Å². The zero-order chi connectivity index (χ0) is 12.3. The minimum absolute atomic E-state index is 0.0575. The lowest BCUT2D eigenvalue weighted by atomic mass is 10.1. The normalized spacial score (nSPS) is 14.5. The van der Waals surface area contributed by atoms with Gasteiger partial charge in [0.1, 0.15) is 0 Å². The molecule has 1 aromatic carbocycles. The van der Waals surface area contributed by atoms with E-state index in [-0.39, 0.29) is 25.3 Å². The average Bonchev–Trinajstić information content (AvgIpc) is 2.75. The second-order valence-corrected chi connectivity index (χ2v) is 3.95. The van der Waals surface area contributed by atoms with Crippen LogP contribution in [0.25, 0.3) is 0 Å². The molecule has 5 heteroatoms. The van der Waals surface area contributed by atoms with Crippen LogP contribution in [0.5, 0.6) is 11.5 Å². The van der Waals surface area contributed by atoms with Crippen LogP contribution in [0.3, 0.4) is 0 Å². The molecule has 0 aliphatic carbocycles. The molecule has 1 aliphatic heterocycles. The molecular weight excluding hydrogens is 222 g/mol. The molecule has 1 unspecified atom stereocenters. The minimum atomic E-state index is -0.177. The molecule has 1 aliphatic rings. The highest BCUT2D eigenvalue weighted by molar-refractivity contribution is 5.95. The van der Waals surface area contributed by atoms with Gasteiger partial charge in [0.15, 0.2) is 11.5 Å². The third kappa shape index (κ3) is 2.68. The van der Waals surface area contributed by atoms with Gasteiger partial charge in [0.05, 0.1) is 0 Å². The van der Waals surface area contributed by atoms with E-state index in [2.05, 4.69) is 5.32 Å². The molecule has 2 rings (SSSR count). The summed E-state index contributed by atoms with van der Waals surface area (Å²) in [6, 6.07) is 5.00. The number of rotatable bonds is 4. The van der Waals surface area contributed by atoms with Gasteiger partial charge < -0.3 is 19.9 Å². The van der Waals surface area contributed by atoms with Gasteiger partial charge in [-0.15, -0.1) is 0 Å². The van der Waals surface area contributed by atoms with E-state index in [0.29, 0.717) is 23.5 Å². The Hall–Kier alpha value is -1.75. The van der Waals surface area contributed by atoms with Crippen molar-refractivity contribution < 1.29 is 19.4 Å². The summed E-state index contributed by atoms with van der Waals surface area (Å²) in [4.78, 5) is 11.8. The highest BCUT2D eigenvalue weighted by atomic mass is 16.7. The Labute approximate surface area is 99.3 Å². The Bertz CT molecular complexity index is 419. The van der Waals surface area contributed by atoms with Gasteiger partial charge in [-0.3, -0.25) is 4.79 Å².